The fourth-order valence-electron chi connectivity index (χ4n) is 6.17. The molecule has 0 N–H and O–H groups in total. The highest BCUT2D eigenvalue weighted by Crippen LogP contribution is 2.49. The summed E-state index contributed by atoms with van der Waals surface area (Å²) >= 11 is 0. The van der Waals surface area contributed by atoms with E-state index in [1.165, 1.54) is 30.2 Å². The first-order chi connectivity index (χ1) is 19.3. The molecule has 0 radical (unpaired) electrons. The minimum absolute atomic E-state index is 0.108. The number of nitrogens with zero attached hydrogens (tertiary/aromatic N) is 4. The van der Waals surface area contributed by atoms with E-state index in [0.29, 0.717) is 28.7 Å². The third-order valence-electron chi connectivity index (χ3n) is 8.17. The van der Waals surface area contributed by atoms with Crippen LogP contribution in [-0.4, -0.2) is 26.5 Å². The number of anilines is 1. The van der Waals surface area contributed by atoms with Gasteiger partial charge < -0.3 is 4.90 Å². The predicted molar refractivity (Wildman–Crippen MR) is 150 cm³/mol. The summed E-state index contributed by atoms with van der Waals surface area (Å²) in [5.74, 6) is -0.154. The molecule has 1 unspecified atom stereocenters. The van der Waals surface area contributed by atoms with Gasteiger partial charge in [0.15, 0.2) is 5.78 Å². The third kappa shape index (κ3) is 5.01. The van der Waals surface area contributed by atoms with Crippen LogP contribution in [0.1, 0.15) is 45.1 Å². The molecule has 0 aliphatic heterocycles. The fraction of sp³-hybridized carbons (Fsp3) is 0.312. The molecule has 2 heterocycles. The second kappa shape index (κ2) is 10.2. The summed E-state index contributed by atoms with van der Waals surface area (Å²) in [6.07, 6.45) is 12.0. The van der Waals surface area contributed by atoms with Gasteiger partial charge in [-0.15, -0.1) is 0 Å². The molecule has 2 aromatic heterocycles. The normalized spacial score (nSPS) is 21.4. The molecule has 4 aromatic rings. The number of rotatable bonds is 7. The summed E-state index contributed by atoms with van der Waals surface area (Å²) in [7, 11) is 1.87. The Morgan fingerprint density at radius 1 is 1.10 bits per heavy atom. The van der Waals surface area contributed by atoms with Gasteiger partial charge in [0.2, 0.25) is 5.91 Å². The average Bonchev–Trinajstić information content (AvgIpc) is 3.68. The minimum atomic E-state index is -1.30. The molecule has 0 saturated heterocycles. The quantitative estimate of drug-likeness (QED) is 0.265. The van der Waals surface area contributed by atoms with Crippen LogP contribution < -0.4 is 4.90 Å². The lowest BCUT2D eigenvalue weighted by Gasteiger charge is -2.30. The van der Waals surface area contributed by atoms with Crippen LogP contribution in [0.15, 0.2) is 67.1 Å². The van der Waals surface area contributed by atoms with Crippen LogP contribution in [0.5, 0.6) is 0 Å². The molecule has 2 aromatic carbocycles. The number of aromatic nitrogens is 3. The van der Waals surface area contributed by atoms with Gasteiger partial charge in [-0.3, -0.25) is 19.3 Å². The van der Waals surface area contributed by atoms with E-state index in [-0.39, 0.29) is 23.2 Å². The largest absolute Gasteiger partial charge is 0.306 e. The van der Waals surface area contributed by atoms with Crippen molar-refractivity contribution in [1.82, 2.24) is 14.8 Å². The second-order valence-electron chi connectivity index (χ2n) is 10.8. The molecule has 2 fully saturated rings. The van der Waals surface area contributed by atoms with Crippen molar-refractivity contribution in [3.8, 4) is 11.1 Å². The Morgan fingerprint density at radius 2 is 1.92 bits per heavy atom. The number of fused-ring (bicyclic) bond motifs is 3. The monoisotopic (exact) mass is 523 g/mol. The Labute approximate surface area is 228 Å². The number of benzene rings is 2. The number of aryl methyl sites for hydroxylation is 1. The van der Waals surface area contributed by atoms with Crippen molar-refractivity contribution in [2.75, 3.05) is 4.90 Å². The Kier molecular flexibility index (Phi) is 6.27. The van der Waals surface area contributed by atoms with E-state index in [2.05, 4.69) is 10.1 Å². The van der Waals surface area contributed by atoms with Crippen LogP contribution >= 0.6 is 0 Å². The van der Waals surface area contributed by atoms with Gasteiger partial charge in [-0.05, 0) is 91.1 Å². The van der Waals surface area contributed by atoms with Gasteiger partial charge in [-0.1, -0.05) is 24.6 Å². The first kappa shape index (κ1) is 23.9. The zero-order valence-electron chi connectivity index (χ0n) is 23.0. The summed E-state index contributed by atoms with van der Waals surface area (Å²) in [5.41, 5.74) is 3.68. The standard InChI is InChI=1S/C32H31FN4O2/c1-20(38)3-4-22-12-28(18-34-16-22)37(32(39)29-13-21-5-6-25(29)11-21)19-26-8-7-24(15-30(26)33)23-9-10-31-27(14-23)17-35-36(31)2/h3-4,7-10,12,14-18,21,25,29H,5-6,11,13,19H2,1-2H3/b4-3+/t21-,25+,29-/m1/s1/i19D/t19?,21-,25+,29-. The summed E-state index contributed by atoms with van der Waals surface area (Å²) in [5, 5.41) is 5.23. The number of amides is 1. The molecular weight excluding hydrogens is 491 g/mol. The molecule has 2 bridgehead atoms. The molecule has 2 saturated carbocycles. The van der Waals surface area contributed by atoms with Gasteiger partial charge >= 0.3 is 0 Å². The highest BCUT2D eigenvalue weighted by atomic mass is 19.1. The molecule has 7 heteroatoms. The number of carbonyl (C=O) groups excluding carboxylic acids is 2. The third-order valence-corrected chi connectivity index (χ3v) is 8.17. The fourth-order valence-corrected chi connectivity index (χ4v) is 6.17. The Hall–Kier alpha value is -4.13. The Morgan fingerprint density at radius 3 is 2.67 bits per heavy atom. The lowest BCUT2D eigenvalue weighted by Crippen LogP contribution is -2.38. The number of halogens is 1. The van der Waals surface area contributed by atoms with E-state index in [1.807, 2.05) is 25.2 Å². The van der Waals surface area contributed by atoms with E-state index in [0.717, 1.165) is 42.1 Å². The van der Waals surface area contributed by atoms with Crippen molar-refractivity contribution in [1.29, 1.82) is 0 Å². The lowest BCUT2D eigenvalue weighted by molar-refractivity contribution is -0.124. The maximum atomic E-state index is 15.7. The maximum Gasteiger partial charge on any atom is 0.230 e. The van der Waals surface area contributed by atoms with Gasteiger partial charge in [0, 0.05) is 30.1 Å². The molecule has 39 heavy (non-hydrogen) atoms. The van der Waals surface area contributed by atoms with E-state index >= 15 is 4.39 Å². The van der Waals surface area contributed by atoms with Crippen molar-refractivity contribution in [3.05, 3.63) is 84.1 Å². The van der Waals surface area contributed by atoms with Crippen molar-refractivity contribution >= 4 is 34.4 Å². The summed E-state index contributed by atoms with van der Waals surface area (Å²) in [6.45, 7) is 0.162. The number of hydrogen-bond acceptors (Lipinski definition) is 4. The first-order valence-electron chi connectivity index (χ1n) is 14.0. The SMILES string of the molecule is [2H]C(c1ccc(-c2ccc3c(cnn3C)c2)cc1F)N(C(=O)[C@@H]1C[C@@H]2CC[C@H]1C2)c1cncc(/C=C/C(C)=O)c1. The lowest BCUT2D eigenvalue weighted by atomic mass is 9.87. The summed E-state index contributed by atoms with van der Waals surface area (Å²) < 4.78 is 26.7. The first-order valence-corrected chi connectivity index (χ1v) is 13.4. The molecule has 4 atom stereocenters. The number of hydrogen-bond donors (Lipinski definition) is 0. The maximum absolute atomic E-state index is 15.7. The van der Waals surface area contributed by atoms with Crippen LogP contribution in [0, 0.1) is 23.6 Å². The van der Waals surface area contributed by atoms with Gasteiger partial charge in [0.1, 0.15) is 5.82 Å². The van der Waals surface area contributed by atoms with Crippen LogP contribution in [0.2, 0.25) is 0 Å². The summed E-state index contributed by atoms with van der Waals surface area (Å²) in [4.78, 5) is 31.2. The summed E-state index contributed by atoms with van der Waals surface area (Å²) in [6, 6.07) is 12.4. The van der Waals surface area contributed by atoms with Crippen molar-refractivity contribution in [2.24, 2.45) is 24.8 Å². The average molecular weight is 524 g/mol. The van der Waals surface area contributed by atoms with E-state index in [1.54, 1.807) is 41.4 Å². The molecule has 1 amide bonds. The molecule has 198 valence electrons. The predicted octanol–water partition coefficient (Wildman–Crippen LogP) is 6.35. The number of pyridine rings is 1. The van der Waals surface area contributed by atoms with Gasteiger partial charge in [0.25, 0.3) is 0 Å². The molecule has 2 aliphatic rings. The van der Waals surface area contributed by atoms with E-state index < -0.39 is 12.3 Å². The Bertz CT molecular complexity index is 1650. The molecule has 6 rings (SSSR count). The van der Waals surface area contributed by atoms with Crippen molar-refractivity contribution in [2.45, 2.75) is 39.1 Å². The topological polar surface area (TPSA) is 68.1 Å². The highest BCUT2D eigenvalue weighted by molar-refractivity contribution is 5.96. The van der Waals surface area contributed by atoms with E-state index in [9.17, 15) is 9.59 Å². The van der Waals surface area contributed by atoms with Crippen molar-refractivity contribution < 1.29 is 15.4 Å². The van der Waals surface area contributed by atoms with Crippen LogP contribution in [0.4, 0.5) is 10.1 Å². The number of allylic oxidation sites excluding steroid dienone is 1. The Balaban J connectivity index is 1.36. The zero-order chi connectivity index (χ0) is 28.0. The van der Waals surface area contributed by atoms with Crippen LogP contribution in [0.25, 0.3) is 28.1 Å². The van der Waals surface area contributed by atoms with Crippen molar-refractivity contribution in [3.63, 3.8) is 0 Å². The second-order valence-corrected chi connectivity index (χ2v) is 10.8. The van der Waals surface area contributed by atoms with Gasteiger partial charge in [0.05, 0.1) is 31.5 Å². The van der Waals surface area contributed by atoms with Crippen LogP contribution in [0.3, 0.4) is 0 Å². The zero-order valence-corrected chi connectivity index (χ0v) is 22.0. The van der Waals surface area contributed by atoms with E-state index in [4.69, 9.17) is 1.37 Å². The van der Waals surface area contributed by atoms with Gasteiger partial charge in [-0.25, -0.2) is 4.39 Å². The molecular formula is C32H31FN4O2. The highest BCUT2D eigenvalue weighted by Gasteiger charge is 2.44. The molecule has 2 aliphatic carbocycles. The van der Waals surface area contributed by atoms with Crippen LogP contribution in [-0.2, 0) is 23.2 Å². The number of carbonyl (C=O) groups is 2. The molecule has 6 nitrogen and oxygen atoms in total. The number of ketones is 1. The molecule has 0 spiro atoms. The smallest absolute Gasteiger partial charge is 0.230 e. The minimum Gasteiger partial charge on any atom is -0.306 e. The van der Waals surface area contributed by atoms with Gasteiger partial charge in [-0.2, -0.15) is 5.10 Å².